The molecule has 0 bridgehead atoms. The van der Waals surface area contributed by atoms with Gasteiger partial charge in [0.25, 0.3) is 5.91 Å². The first-order valence-corrected chi connectivity index (χ1v) is 8.72. The summed E-state index contributed by atoms with van der Waals surface area (Å²) in [5, 5.41) is 4.95. The molecule has 2 aromatic carbocycles. The molecular weight excluding hydrogens is 373 g/mol. The summed E-state index contributed by atoms with van der Waals surface area (Å²) in [5.41, 5.74) is 1.34. The van der Waals surface area contributed by atoms with Crippen LogP contribution < -0.4 is 10.6 Å². The van der Waals surface area contributed by atoms with Gasteiger partial charge in [0.1, 0.15) is 18.4 Å². The Labute approximate surface area is 160 Å². The second kappa shape index (κ2) is 8.18. The summed E-state index contributed by atoms with van der Waals surface area (Å²) in [7, 11) is 0. The van der Waals surface area contributed by atoms with Crippen molar-refractivity contribution in [2.45, 2.75) is 18.9 Å². The molecule has 8 heteroatoms. The highest BCUT2D eigenvalue weighted by atomic mass is 35.5. The zero-order valence-corrected chi connectivity index (χ0v) is 15.0. The summed E-state index contributed by atoms with van der Waals surface area (Å²) in [6, 6.07) is 12.0. The minimum absolute atomic E-state index is 0.135. The van der Waals surface area contributed by atoms with Crippen LogP contribution in [-0.4, -0.2) is 35.3 Å². The molecule has 0 aromatic heterocycles. The number of amides is 4. The topological polar surface area (TPSA) is 78.5 Å². The van der Waals surface area contributed by atoms with Crippen LogP contribution in [0.4, 0.5) is 14.9 Å². The molecule has 1 aliphatic rings. The van der Waals surface area contributed by atoms with Gasteiger partial charge in [-0.25, -0.2) is 9.18 Å². The lowest BCUT2D eigenvalue weighted by Gasteiger charge is -2.13. The molecule has 6 nitrogen and oxygen atoms in total. The van der Waals surface area contributed by atoms with Gasteiger partial charge in [-0.1, -0.05) is 41.9 Å². The predicted molar refractivity (Wildman–Crippen MR) is 98.8 cm³/mol. The van der Waals surface area contributed by atoms with Gasteiger partial charge >= 0.3 is 6.03 Å². The molecule has 0 saturated carbocycles. The van der Waals surface area contributed by atoms with Crippen LogP contribution in [0, 0.1) is 5.82 Å². The Kier molecular flexibility index (Phi) is 5.71. The monoisotopic (exact) mass is 389 g/mol. The van der Waals surface area contributed by atoms with E-state index in [0.29, 0.717) is 12.8 Å². The van der Waals surface area contributed by atoms with E-state index in [2.05, 4.69) is 10.6 Å². The van der Waals surface area contributed by atoms with E-state index in [0.717, 1.165) is 16.5 Å². The fraction of sp³-hybridized carbons (Fsp3) is 0.211. The van der Waals surface area contributed by atoms with Crippen molar-refractivity contribution in [3.05, 3.63) is 64.9 Å². The lowest BCUT2D eigenvalue weighted by molar-refractivity contribution is -0.130. The molecule has 1 atom stereocenters. The van der Waals surface area contributed by atoms with Crippen molar-refractivity contribution in [2.75, 3.05) is 11.9 Å². The third-order valence-electron chi connectivity index (χ3n) is 4.18. The van der Waals surface area contributed by atoms with Crippen LogP contribution >= 0.6 is 11.6 Å². The number of nitrogens with one attached hydrogen (secondary N) is 2. The number of imide groups is 1. The summed E-state index contributed by atoms with van der Waals surface area (Å²) < 4.78 is 13.2. The number of benzene rings is 2. The van der Waals surface area contributed by atoms with Crippen LogP contribution in [-0.2, 0) is 16.0 Å². The molecule has 0 spiro atoms. The number of rotatable bonds is 6. The van der Waals surface area contributed by atoms with Gasteiger partial charge in [-0.15, -0.1) is 0 Å². The van der Waals surface area contributed by atoms with Gasteiger partial charge < -0.3 is 10.6 Å². The molecule has 27 heavy (non-hydrogen) atoms. The van der Waals surface area contributed by atoms with Gasteiger partial charge in [0.15, 0.2) is 0 Å². The van der Waals surface area contributed by atoms with Crippen LogP contribution in [0.1, 0.15) is 12.0 Å². The molecule has 0 aliphatic carbocycles. The maximum atomic E-state index is 13.2. The summed E-state index contributed by atoms with van der Waals surface area (Å²) in [6.45, 7) is -0.429. The summed E-state index contributed by atoms with van der Waals surface area (Å²) in [6.07, 6.45) is 1.08. The molecule has 3 rings (SSSR count). The molecule has 2 N–H and O–H groups in total. The Morgan fingerprint density at radius 3 is 2.63 bits per heavy atom. The third kappa shape index (κ3) is 4.62. The van der Waals surface area contributed by atoms with Gasteiger partial charge in [0.05, 0.1) is 5.02 Å². The Morgan fingerprint density at radius 2 is 1.93 bits per heavy atom. The molecule has 0 radical (unpaired) electrons. The van der Waals surface area contributed by atoms with E-state index in [9.17, 15) is 18.8 Å². The number of halogens is 2. The number of hydrogen-bond donors (Lipinski definition) is 2. The van der Waals surface area contributed by atoms with Crippen molar-refractivity contribution in [3.63, 3.8) is 0 Å². The SMILES string of the molecule is O=C(CN1C(=O)N[C@@H](CCc2ccccc2)C1=O)Nc1ccc(F)c(Cl)c1. The summed E-state index contributed by atoms with van der Waals surface area (Å²) in [4.78, 5) is 37.4. The molecule has 140 valence electrons. The van der Waals surface area contributed by atoms with Crippen molar-refractivity contribution < 1.29 is 18.8 Å². The molecule has 4 amide bonds. The van der Waals surface area contributed by atoms with Crippen molar-refractivity contribution in [2.24, 2.45) is 0 Å². The van der Waals surface area contributed by atoms with Gasteiger partial charge in [-0.2, -0.15) is 0 Å². The fourth-order valence-electron chi connectivity index (χ4n) is 2.80. The lowest BCUT2D eigenvalue weighted by atomic mass is 10.1. The molecule has 1 aliphatic heterocycles. The predicted octanol–water partition coefficient (Wildman–Crippen LogP) is 2.97. The Hall–Kier alpha value is -2.93. The second-order valence-corrected chi connectivity index (χ2v) is 6.53. The largest absolute Gasteiger partial charge is 0.326 e. The number of urea groups is 1. The minimum Gasteiger partial charge on any atom is -0.326 e. The zero-order chi connectivity index (χ0) is 19.4. The Morgan fingerprint density at radius 1 is 1.19 bits per heavy atom. The number of carbonyl (C=O) groups is 3. The van der Waals surface area contributed by atoms with Crippen molar-refractivity contribution in [3.8, 4) is 0 Å². The maximum Gasteiger partial charge on any atom is 0.325 e. The highest BCUT2D eigenvalue weighted by molar-refractivity contribution is 6.31. The van der Waals surface area contributed by atoms with Crippen molar-refractivity contribution in [1.82, 2.24) is 10.2 Å². The maximum absolute atomic E-state index is 13.2. The van der Waals surface area contributed by atoms with Crippen LogP contribution in [0.25, 0.3) is 0 Å². The third-order valence-corrected chi connectivity index (χ3v) is 4.47. The first-order chi connectivity index (χ1) is 12.9. The average Bonchev–Trinajstić information content (AvgIpc) is 2.91. The number of carbonyl (C=O) groups excluding carboxylic acids is 3. The highest BCUT2D eigenvalue weighted by Gasteiger charge is 2.38. The van der Waals surface area contributed by atoms with Crippen LogP contribution in [0.5, 0.6) is 0 Å². The van der Waals surface area contributed by atoms with Crippen molar-refractivity contribution >= 4 is 35.1 Å². The lowest BCUT2D eigenvalue weighted by Crippen LogP contribution is -2.38. The standard InChI is InChI=1S/C19H17ClFN3O3/c20-14-10-13(7-8-15(14)21)22-17(25)11-24-18(26)16(23-19(24)27)9-6-12-4-2-1-3-5-12/h1-5,7-8,10,16H,6,9,11H2,(H,22,25)(H,23,27)/t16-/m0/s1. The Balaban J connectivity index is 1.56. The Bertz CT molecular complexity index is 876. The summed E-state index contributed by atoms with van der Waals surface area (Å²) in [5.74, 6) is -1.63. The van der Waals surface area contributed by atoms with Gasteiger partial charge in [0.2, 0.25) is 5.91 Å². The zero-order valence-electron chi connectivity index (χ0n) is 14.2. The van der Waals surface area contributed by atoms with Gasteiger partial charge in [0, 0.05) is 5.69 Å². The smallest absolute Gasteiger partial charge is 0.325 e. The molecule has 2 aromatic rings. The van der Waals surface area contributed by atoms with E-state index in [4.69, 9.17) is 11.6 Å². The number of aryl methyl sites for hydroxylation is 1. The van der Waals surface area contributed by atoms with Crippen LogP contribution in [0.2, 0.25) is 5.02 Å². The molecule has 1 saturated heterocycles. The highest BCUT2D eigenvalue weighted by Crippen LogP contribution is 2.19. The van der Waals surface area contributed by atoms with E-state index >= 15 is 0 Å². The van der Waals surface area contributed by atoms with Gasteiger partial charge in [-0.3, -0.25) is 14.5 Å². The van der Waals surface area contributed by atoms with Gasteiger partial charge in [-0.05, 0) is 36.6 Å². The molecule has 1 fully saturated rings. The van der Waals surface area contributed by atoms with E-state index in [1.807, 2.05) is 30.3 Å². The fourth-order valence-corrected chi connectivity index (χ4v) is 2.98. The first-order valence-electron chi connectivity index (χ1n) is 8.35. The summed E-state index contributed by atoms with van der Waals surface area (Å²) >= 11 is 5.66. The van der Waals surface area contributed by atoms with E-state index in [1.54, 1.807) is 0 Å². The first kappa shape index (κ1) is 18.8. The molecular formula is C19H17ClFN3O3. The van der Waals surface area contributed by atoms with Crippen molar-refractivity contribution in [1.29, 1.82) is 0 Å². The normalized spacial score (nSPS) is 16.4. The quantitative estimate of drug-likeness (QED) is 0.745. The average molecular weight is 390 g/mol. The molecule has 1 heterocycles. The van der Waals surface area contributed by atoms with Crippen LogP contribution in [0.15, 0.2) is 48.5 Å². The second-order valence-electron chi connectivity index (χ2n) is 6.13. The van der Waals surface area contributed by atoms with E-state index < -0.39 is 36.2 Å². The molecule has 0 unspecified atom stereocenters. The minimum atomic E-state index is -0.661. The number of hydrogen-bond acceptors (Lipinski definition) is 3. The number of nitrogens with zero attached hydrogens (tertiary/aromatic N) is 1. The van der Waals surface area contributed by atoms with E-state index in [1.165, 1.54) is 12.1 Å². The van der Waals surface area contributed by atoms with E-state index in [-0.39, 0.29) is 10.7 Å². The van der Waals surface area contributed by atoms with Crippen LogP contribution in [0.3, 0.4) is 0 Å². The number of anilines is 1.